The van der Waals surface area contributed by atoms with Crippen LogP contribution < -0.4 is 11.1 Å². The molecule has 0 aliphatic heterocycles. The van der Waals surface area contributed by atoms with Crippen LogP contribution in [0.3, 0.4) is 0 Å². The van der Waals surface area contributed by atoms with E-state index < -0.39 is 35.3 Å². The second-order valence-electron chi connectivity index (χ2n) is 9.23. The van der Waals surface area contributed by atoms with Gasteiger partial charge in [0, 0.05) is 18.3 Å². The van der Waals surface area contributed by atoms with Crippen LogP contribution in [0.2, 0.25) is 0 Å². The highest BCUT2D eigenvalue weighted by Gasteiger charge is 2.32. The van der Waals surface area contributed by atoms with E-state index in [4.69, 9.17) is 10.5 Å². The summed E-state index contributed by atoms with van der Waals surface area (Å²) < 4.78 is 5.33. The molecule has 0 aromatic carbocycles. The molecule has 0 aromatic heterocycles. The van der Waals surface area contributed by atoms with Crippen molar-refractivity contribution in [3.8, 4) is 0 Å². The van der Waals surface area contributed by atoms with E-state index in [1.807, 2.05) is 13.8 Å². The van der Waals surface area contributed by atoms with Crippen LogP contribution in [0, 0.1) is 17.8 Å². The first-order valence-corrected chi connectivity index (χ1v) is 10.2. The van der Waals surface area contributed by atoms with Gasteiger partial charge in [-0.3, -0.25) is 19.2 Å². The highest BCUT2D eigenvalue weighted by Crippen LogP contribution is 2.25. The SMILES string of the molecule is CC(C)C[C@H](CC(=O)OC(C)(C)C)C(=O)N[C@@H](C[C@@H]1CCCCC1=O)C(N)=O. The largest absolute Gasteiger partial charge is 0.460 e. The van der Waals surface area contributed by atoms with Crippen LogP contribution in [0.4, 0.5) is 0 Å². The van der Waals surface area contributed by atoms with Crippen LogP contribution in [0.5, 0.6) is 0 Å². The van der Waals surface area contributed by atoms with E-state index in [2.05, 4.69) is 5.32 Å². The lowest BCUT2D eigenvalue weighted by Gasteiger charge is -2.27. The average Bonchev–Trinajstić information content (AvgIpc) is 2.53. The first-order chi connectivity index (χ1) is 12.9. The lowest BCUT2D eigenvalue weighted by atomic mass is 9.83. The van der Waals surface area contributed by atoms with E-state index in [0.29, 0.717) is 19.3 Å². The number of carbonyl (C=O) groups excluding carboxylic acids is 4. The maximum atomic E-state index is 12.8. The molecule has 1 aliphatic carbocycles. The maximum Gasteiger partial charge on any atom is 0.307 e. The normalized spacial score (nSPS) is 19.8. The van der Waals surface area contributed by atoms with Gasteiger partial charge in [0.05, 0.1) is 6.42 Å². The van der Waals surface area contributed by atoms with Crippen LogP contribution >= 0.6 is 0 Å². The Kier molecular flexibility index (Phi) is 9.11. The molecule has 0 spiro atoms. The summed E-state index contributed by atoms with van der Waals surface area (Å²) in [6.07, 6.45) is 3.68. The van der Waals surface area contributed by atoms with Crippen molar-refractivity contribution in [2.24, 2.45) is 23.5 Å². The molecule has 0 heterocycles. The van der Waals surface area contributed by atoms with Gasteiger partial charge in [-0.25, -0.2) is 0 Å². The zero-order valence-corrected chi connectivity index (χ0v) is 17.9. The number of hydrogen-bond donors (Lipinski definition) is 2. The number of hydrogen-bond acceptors (Lipinski definition) is 5. The van der Waals surface area contributed by atoms with Gasteiger partial charge in [-0.2, -0.15) is 0 Å². The van der Waals surface area contributed by atoms with Gasteiger partial charge in [0.25, 0.3) is 0 Å². The van der Waals surface area contributed by atoms with Crippen LogP contribution in [0.25, 0.3) is 0 Å². The summed E-state index contributed by atoms with van der Waals surface area (Å²) in [5.74, 6) is -2.06. The molecule has 1 fully saturated rings. The molecule has 28 heavy (non-hydrogen) atoms. The number of rotatable bonds is 9. The Morgan fingerprint density at radius 3 is 2.36 bits per heavy atom. The van der Waals surface area contributed by atoms with E-state index in [-0.39, 0.29) is 30.5 Å². The summed E-state index contributed by atoms with van der Waals surface area (Å²) in [6, 6.07) is -0.909. The van der Waals surface area contributed by atoms with Crippen molar-refractivity contribution < 1.29 is 23.9 Å². The van der Waals surface area contributed by atoms with Gasteiger partial charge in [-0.15, -0.1) is 0 Å². The molecule has 0 bridgehead atoms. The highest BCUT2D eigenvalue weighted by molar-refractivity contribution is 5.90. The van der Waals surface area contributed by atoms with E-state index in [0.717, 1.165) is 12.8 Å². The summed E-state index contributed by atoms with van der Waals surface area (Å²) in [5, 5.41) is 2.68. The number of nitrogens with one attached hydrogen (secondary N) is 1. The molecule has 1 aliphatic rings. The third-order valence-electron chi connectivity index (χ3n) is 4.82. The lowest BCUT2D eigenvalue weighted by molar-refractivity contribution is -0.157. The number of ketones is 1. The first-order valence-electron chi connectivity index (χ1n) is 10.2. The van der Waals surface area contributed by atoms with Crippen LogP contribution in [0.15, 0.2) is 0 Å². The predicted octanol–water partition coefficient (Wildman–Crippen LogP) is 2.50. The van der Waals surface area contributed by atoms with E-state index in [1.54, 1.807) is 20.8 Å². The molecular formula is C21H36N2O5. The van der Waals surface area contributed by atoms with Gasteiger partial charge < -0.3 is 15.8 Å². The topological polar surface area (TPSA) is 116 Å². The number of esters is 1. The number of carbonyl (C=O) groups is 4. The number of nitrogens with two attached hydrogens (primary N) is 1. The Bertz CT molecular complexity index is 580. The monoisotopic (exact) mass is 396 g/mol. The van der Waals surface area contributed by atoms with E-state index in [9.17, 15) is 19.2 Å². The quantitative estimate of drug-likeness (QED) is 0.581. The van der Waals surface area contributed by atoms with Gasteiger partial charge in [0.1, 0.15) is 17.4 Å². The fourth-order valence-electron chi connectivity index (χ4n) is 3.56. The Balaban J connectivity index is 2.79. The second kappa shape index (κ2) is 10.6. The number of amides is 2. The third kappa shape index (κ3) is 8.85. The molecule has 0 aromatic rings. The molecule has 7 nitrogen and oxygen atoms in total. The molecule has 0 saturated heterocycles. The molecule has 1 rings (SSSR count). The van der Waals surface area contributed by atoms with Crippen LogP contribution in [0.1, 0.15) is 79.6 Å². The zero-order valence-electron chi connectivity index (χ0n) is 17.9. The summed E-state index contributed by atoms with van der Waals surface area (Å²) in [4.78, 5) is 48.9. The molecule has 2 amide bonds. The summed E-state index contributed by atoms with van der Waals surface area (Å²) >= 11 is 0. The van der Waals surface area contributed by atoms with E-state index >= 15 is 0 Å². The van der Waals surface area contributed by atoms with Crippen LogP contribution in [-0.2, 0) is 23.9 Å². The molecule has 3 atom stereocenters. The van der Waals surface area contributed by atoms with Crippen molar-refractivity contribution in [1.29, 1.82) is 0 Å². The molecule has 1 saturated carbocycles. The van der Waals surface area contributed by atoms with Crippen molar-refractivity contribution in [2.45, 2.75) is 91.2 Å². The predicted molar refractivity (Wildman–Crippen MR) is 106 cm³/mol. The first kappa shape index (κ1) is 24.1. The standard InChI is InChI=1S/C21H36N2O5/c1-13(2)10-15(12-18(25)28-21(3,4)5)20(27)23-16(19(22)26)11-14-8-6-7-9-17(14)24/h13-16H,6-12H2,1-5H3,(H2,22,26)(H,23,27)/t14-,15+,16-/m0/s1. The smallest absolute Gasteiger partial charge is 0.307 e. The second-order valence-corrected chi connectivity index (χ2v) is 9.23. The number of primary amides is 1. The Hall–Kier alpha value is -1.92. The fraction of sp³-hybridized carbons (Fsp3) is 0.810. The average molecular weight is 397 g/mol. The highest BCUT2D eigenvalue weighted by atomic mass is 16.6. The molecular weight excluding hydrogens is 360 g/mol. The lowest BCUT2D eigenvalue weighted by Crippen LogP contribution is -2.48. The Morgan fingerprint density at radius 2 is 1.86 bits per heavy atom. The Morgan fingerprint density at radius 1 is 1.21 bits per heavy atom. The van der Waals surface area contributed by atoms with E-state index in [1.165, 1.54) is 0 Å². The summed E-state index contributed by atoms with van der Waals surface area (Å²) in [5.41, 5.74) is 4.85. The molecule has 7 heteroatoms. The number of Topliss-reactive ketones (excluding diaryl/α,β-unsaturated/α-hetero) is 1. The Labute approximate surface area is 168 Å². The van der Waals surface area contributed by atoms with Crippen molar-refractivity contribution >= 4 is 23.6 Å². The third-order valence-corrected chi connectivity index (χ3v) is 4.82. The van der Waals surface area contributed by atoms with Gasteiger partial charge in [-0.1, -0.05) is 20.3 Å². The van der Waals surface area contributed by atoms with Crippen LogP contribution in [-0.4, -0.2) is 35.2 Å². The minimum absolute atomic E-state index is 0.0604. The minimum Gasteiger partial charge on any atom is -0.460 e. The number of ether oxygens (including phenoxy) is 1. The summed E-state index contributed by atoms with van der Waals surface area (Å²) in [6.45, 7) is 9.23. The van der Waals surface area contributed by atoms with Gasteiger partial charge in [0.15, 0.2) is 0 Å². The maximum absolute atomic E-state index is 12.8. The molecule has 0 radical (unpaired) electrons. The molecule has 160 valence electrons. The summed E-state index contributed by atoms with van der Waals surface area (Å²) in [7, 11) is 0. The van der Waals surface area contributed by atoms with Gasteiger partial charge in [0.2, 0.25) is 11.8 Å². The molecule has 3 N–H and O–H groups in total. The van der Waals surface area contributed by atoms with Crippen molar-refractivity contribution in [2.75, 3.05) is 0 Å². The van der Waals surface area contributed by atoms with Crippen molar-refractivity contribution in [1.82, 2.24) is 5.32 Å². The van der Waals surface area contributed by atoms with Gasteiger partial charge >= 0.3 is 5.97 Å². The van der Waals surface area contributed by atoms with Crippen molar-refractivity contribution in [3.05, 3.63) is 0 Å². The fourth-order valence-corrected chi connectivity index (χ4v) is 3.56. The zero-order chi connectivity index (χ0) is 21.5. The van der Waals surface area contributed by atoms with Gasteiger partial charge in [-0.05, 0) is 52.4 Å². The minimum atomic E-state index is -0.909. The molecule has 0 unspecified atom stereocenters. The van der Waals surface area contributed by atoms with Crippen molar-refractivity contribution in [3.63, 3.8) is 0 Å².